The Bertz CT molecular complexity index is 154. The van der Waals surface area contributed by atoms with Gasteiger partial charge in [0.2, 0.25) is 0 Å². The Balaban J connectivity index is 2.19. The minimum Gasteiger partial charge on any atom is -0.312 e. The molecular formula is C11H24N2. The van der Waals surface area contributed by atoms with Crippen molar-refractivity contribution >= 4 is 0 Å². The standard InChI is InChI=1S/C11H24N2/c1-5-11(2,3)9-12-10-6-7-13(4)8-10/h10,12H,5-9H2,1-4H3. The Morgan fingerprint density at radius 1 is 1.46 bits per heavy atom. The lowest BCUT2D eigenvalue weighted by molar-refractivity contribution is 0.305. The molecule has 78 valence electrons. The molecule has 0 aliphatic carbocycles. The van der Waals surface area contributed by atoms with Gasteiger partial charge in [0.05, 0.1) is 0 Å². The van der Waals surface area contributed by atoms with Gasteiger partial charge in [-0.3, -0.25) is 0 Å². The van der Waals surface area contributed by atoms with Crippen molar-refractivity contribution < 1.29 is 0 Å². The van der Waals surface area contributed by atoms with E-state index in [1.165, 1.54) is 25.9 Å². The molecule has 1 aliphatic heterocycles. The first kappa shape index (κ1) is 11.0. The highest BCUT2D eigenvalue weighted by Gasteiger charge is 2.22. The topological polar surface area (TPSA) is 15.3 Å². The molecule has 0 bridgehead atoms. The van der Waals surface area contributed by atoms with Crippen LogP contribution >= 0.6 is 0 Å². The van der Waals surface area contributed by atoms with Gasteiger partial charge in [-0.25, -0.2) is 0 Å². The Labute approximate surface area is 82.7 Å². The Hall–Kier alpha value is -0.0800. The maximum absolute atomic E-state index is 3.66. The monoisotopic (exact) mass is 184 g/mol. The normalized spacial score (nSPS) is 25.4. The second kappa shape index (κ2) is 4.43. The van der Waals surface area contributed by atoms with Crippen LogP contribution in [0.5, 0.6) is 0 Å². The fourth-order valence-corrected chi connectivity index (χ4v) is 1.65. The van der Waals surface area contributed by atoms with Crippen LogP contribution in [0.25, 0.3) is 0 Å². The van der Waals surface area contributed by atoms with Crippen LogP contribution in [0.15, 0.2) is 0 Å². The van der Waals surface area contributed by atoms with E-state index in [0.717, 1.165) is 12.6 Å². The van der Waals surface area contributed by atoms with Gasteiger partial charge < -0.3 is 10.2 Å². The minimum absolute atomic E-state index is 0.459. The lowest BCUT2D eigenvalue weighted by Gasteiger charge is -2.25. The van der Waals surface area contributed by atoms with Gasteiger partial charge in [0, 0.05) is 19.1 Å². The summed E-state index contributed by atoms with van der Waals surface area (Å²) in [5, 5.41) is 3.66. The Kier molecular flexibility index (Phi) is 3.74. The smallest absolute Gasteiger partial charge is 0.0207 e. The fourth-order valence-electron chi connectivity index (χ4n) is 1.65. The summed E-state index contributed by atoms with van der Waals surface area (Å²) < 4.78 is 0. The van der Waals surface area contributed by atoms with Crippen LogP contribution in [0.1, 0.15) is 33.6 Å². The van der Waals surface area contributed by atoms with Crippen molar-refractivity contribution in [1.82, 2.24) is 10.2 Å². The van der Waals surface area contributed by atoms with Crippen molar-refractivity contribution in [3.05, 3.63) is 0 Å². The summed E-state index contributed by atoms with van der Waals surface area (Å²) in [4.78, 5) is 2.40. The van der Waals surface area contributed by atoms with E-state index in [-0.39, 0.29) is 0 Å². The summed E-state index contributed by atoms with van der Waals surface area (Å²) in [5.41, 5.74) is 0.459. The van der Waals surface area contributed by atoms with Crippen LogP contribution in [0.2, 0.25) is 0 Å². The van der Waals surface area contributed by atoms with Gasteiger partial charge in [0.15, 0.2) is 0 Å². The van der Waals surface area contributed by atoms with Crippen molar-refractivity contribution in [3.8, 4) is 0 Å². The average Bonchev–Trinajstić information content (AvgIpc) is 2.48. The molecule has 1 rings (SSSR count). The fraction of sp³-hybridized carbons (Fsp3) is 1.00. The van der Waals surface area contributed by atoms with Crippen molar-refractivity contribution in [2.75, 3.05) is 26.7 Å². The van der Waals surface area contributed by atoms with Crippen LogP contribution in [0.4, 0.5) is 0 Å². The highest BCUT2D eigenvalue weighted by Crippen LogP contribution is 2.18. The quantitative estimate of drug-likeness (QED) is 0.715. The highest BCUT2D eigenvalue weighted by atomic mass is 15.2. The van der Waals surface area contributed by atoms with Crippen molar-refractivity contribution in [1.29, 1.82) is 0 Å². The Morgan fingerprint density at radius 3 is 2.62 bits per heavy atom. The molecule has 2 heteroatoms. The van der Waals surface area contributed by atoms with Crippen LogP contribution < -0.4 is 5.32 Å². The molecule has 1 fully saturated rings. The van der Waals surface area contributed by atoms with E-state index in [0.29, 0.717) is 5.41 Å². The van der Waals surface area contributed by atoms with Gasteiger partial charge in [0.1, 0.15) is 0 Å². The molecule has 1 aliphatic rings. The number of likely N-dealkylation sites (tertiary alicyclic amines) is 1. The van der Waals surface area contributed by atoms with E-state index in [2.05, 4.69) is 38.0 Å². The summed E-state index contributed by atoms with van der Waals surface area (Å²) in [6, 6.07) is 0.732. The third-order valence-electron chi connectivity index (χ3n) is 3.22. The van der Waals surface area contributed by atoms with Crippen LogP contribution in [0, 0.1) is 5.41 Å². The summed E-state index contributed by atoms with van der Waals surface area (Å²) in [6.07, 6.45) is 2.57. The van der Waals surface area contributed by atoms with Crippen LogP contribution in [-0.2, 0) is 0 Å². The third kappa shape index (κ3) is 3.65. The van der Waals surface area contributed by atoms with Crippen molar-refractivity contribution in [2.24, 2.45) is 5.41 Å². The van der Waals surface area contributed by atoms with Gasteiger partial charge >= 0.3 is 0 Å². The molecule has 1 heterocycles. The van der Waals surface area contributed by atoms with E-state index in [9.17, 15) is 0 Å². The van der Waals surface area contributed by atoms with E-state index in [1.807, 2.05) is 0 Å². The predicted octanol–water partition coefficient (Wildman–Crippen LogP) is 1.72. The first-order valence-corrected chi connectivity index (χ1v) is 5.45. The SMILES string of the molecule is CCC(C)(C)CNC1CCN(C)C1. The molecule has 0 aromatic heterocycles. The van der Waals surface area contributed by atoms with Crippen LogP contribution in [0.3, 0.4) is 0 Å². The van der Waals surface area contributed by atoms with Gasteiger partial charge in [-0.2, -0.15) is 0 Å². The molecule has 1 atom stereocenters. The average molecular weight is 184 g/mol. The molecule has 0 saturated carbocycles. The zero-order chi connectivity index (χ0) is 9.90. The largest absolute Gasteiger partial charge is 0.312 e. The third-order valence-corrected chi connectivity index (χ3v) is 3.22. The highest BCUT2D eigenvalue weighted by molar-refractivity contribution is 4.81. The van der Waals surface area contributed by atoms with E-state index >= 15 is 0 Å². The van der Waals surface area contributed by atoms with Crippen molar-refractivity contribution in [2.45, 2.75) is 39.7 Å². The molecule has 1 unspecified atom stereocenters. The zero-order valence-corrected chi connectivity index (χ0v) is 9.56. The van der Waals surface area contributed by atoms with Gasteiger partial charge in [0.25, 0.3) is 0 Å². The molecule has 0 aromatic rings. The maximum atomic E-state index is 3.66. The van der Waals surface area contributed by atoms with Gasteiger partial charge in [-0.1, -0.05) is 20.8 Å². The molecule has 0 aromatic carbocycles. The van der Waals surface area contributed by atoms with E-state index in [4.69, 9.17) is 0 Å². The molecule has 1 N–H and O–H groups in total. The molecule has 0 radical (unpaired) electrons. The molecule has 1 saturated heterocycles. The van der Waals surface area contributed by atoms with E-state index in [1.54, 1.807) is 0 Å². The number of hydrogen-bond acceptors (Lipinski definition) is 2. The number of hydrogen-bond donors (Lipinski definition) is 1. The first-order chi connectivity index (χ1) is 6.03. The second-order valence-electron chi connectivity index (χ2n) is 5.15. The minimum atomic E-state index is 0.459. The predicted molar refractivity (Wildman–Crippen MR) is 58.0 cm³/mol. The molecule has 0 amide bonds. The summed E-state index contributed by atoms with van der Waals surface area (Å²) in [5.74, 6) is 0. The number of nitrogens with one attached hydrogen (secondary N) is 1. The summed E-state index contributed by atoms with van der Waals surface area (Å²) in [6.45, 7) is 10.6. The second-order valence-corrected chi connectivity index (χ2v) is 5.15. The van der Waals surface area contributed by atoms with Crippen molar-refractivity contribution in [3.63, 3.8) is 0 Å². The summed E-state index contributed by atoms with van der Waals surface area (Å²) in [7, 11) is 2.20. The lowest BCUT2D eigenvalue weighted by atomic mass is 9.90. The molecular weight excluding hydrogens is 160 g/mol. The lowest BCUT2D eigenvalue weighted by Crippen LogP contribution is -2.38. The Morgan fingerprint density at radius 2 is 2.15 bits per heavy atom. The zero-order valence-electron chi connectivity index (χ0n) is 9.56. The molecule has 2 nitrogen and oxygen atoms in total. The molecule has 13 heavy (non-hydrogen) atoms. The van der Waals surface area contributed by atoms with E-state index < -0.39 is 0 Å². The number of nitrogens with zero attached hydrogens (tertiary/aromatic N) is 1. The van der Waals surface area contributed by atoms with Gasteiger partial charge in [-0.15, -0.1) is 0 Å². The van der Waals surface area contributed by atoms with Gasteiger partial charge in [-0.05, 0) is 31.8 Å². The maximum Gasteiger partial charge on any atom is 0.0207 e. The summed E-state index contributed by atoms with van der Waals surface area (Å²) >= 11 is 0. The van der Waals surface area contributed by atoms with Crippen LogP contribution in [-0.4, -0.2) is 37.6 Å². The number of rotatable bonds is 4. The molecule has 0 spiro atoms. The number of likely N-dealkylation sites (N-methyl/N-ethyl adjacent to an activating group) is 1. The first-order valence-electron chi connectivity index (χ1n) is 5.45.